The first kappa shape index (κ1) is 15.4. The Hall–Kier alpha value is 0.310. The van der Waals surface area contributed by atoms with Crippen LogP contribution < -0.4 is 5.32 Å². The Morgan fingerprint density at radius 2 is 1.71 bits per heavy atom. The fraction of sp³-hybridized carbons (Fsp3) is 1.00. The molecule has 1 saturated carbocycles. The number of nitrogens with one attached hydrogen (secondary N) is 1. The molecule has 1 atom stereocenters. The van der Waals surface area contributed by atoms with Gasteiger partial charge in [-0.25, -0.2) is 0 Å². The standard InChI is InChI=1S/C15H31NS/c1-12(2)14(11-16-15(3,4)5)17-13-9-7-6-8-10-13/h12-14,16H,6-11H2,1-5H3. The largest absolute Gasteiger partial charge is 0.311 e. The Balaban J connectivity index is 2.37. The predicted octanol–water partition coefficient (Wildman–Crippen LogP) is 4.47. The molecule has 1 fully saturated rings. The van der Waals surface area contributed by atoms with Crippen LogP contribution in [0.1, 0.15) is 66.7 Å². The van der Waals surface area contributed by atoms with E-state index in [-0.39, 0.29) is 5.54 Å². The smallest absolute Gasteiger partial charge is 0.0198 e. The summed E-state index contributed by atoms with van der Waals surface area (Å²) in [6.07, 6.45) is 7.26. The molecule has 0 amide bonds. The minimum Gasteiger partial charge on any atom is -0.311 e. The summed E-state index contributed by atoms with van der Waals surface area (Å²) in [5, 5.41) is 5.38. The molecule has 0 aliphatic heterocycles. The minimum atomic E-state index is 0.250. The van der Waals surface area contributed by atoms with E-state index in [2.05, 4.69) is 51.7 Å². The lowest BCUT2D eigenvalue weighted by molar-refractivity contribution is 0.406. The van der Waals surface area contributed by atoms with Crippen LogP contribution in [0.3, 0.4) is 0 Å². The van der Waals surface area contributed by atoms with Crippen LogP contribution in [0.25, 0.3) is 0 Å². The summed E-state index contributed by atoms with van der Waals surface area (Å²) in [4.78, 5) is 0. The Kier molecular flexibility index (Phi) is 6.36. The van der Waals surface area contributed by atoms with Crippen LogP contribution in [0.4, 0.5) is 0 Å². The van der Waals surface area contributed by atoms with Gasteiger partial charge in [-0.15, -0.1) is 0 Å². The molecule has 1 nitrogen and oxygen atoms in total. The van der Waals surface area contributed by atoms with E-state index in [9.17, 15) is 0 Å². The molecule has 0 heterocycles. The number of rotatable bonds is 5. The molecule has 0 bridgehead atoms. The Morgan fingerprint density at radius 3 is 2.18 bits per heavy atom. The molecule has 1 rings (SSSR count). The second kappa shape index (κ2) is 7.04. The monoisotopic (exact) mass is 257 g/mol. The van der Waals surface area contributed by atoms with Crippen LogP contribution in [-0.2, 0) is 0 Å². The van der Waals surface area contributed by atoms with Gasteiger partial charge in [0, 0.05) is 22.6 Å². The zero-order valence-electron chi connectivity index (χ0n) is 12.4. The van der Waals surface area contributed by atoms with Gasteiger partial charge in [0.15, 0.2) is 0 Å². The molecule has 0 aromatic rings. The molecular weight excluding hydrogens is 226 g/mol. The highest BCUT2D eigenvalue weighted by Gasteiger charge is 2.23. The van der Waals surface area contributed by atoms with Crippen molar-refractivity contribution in [2.45, 2.75) is 82.8 Å². The van der Waals surface area contributed by atoms with Crippen molar-refractivity contribution in [1.29, 1.82) is 0 Å². The zero-order valence-corrected chi connectivity index (χ0v) is 13.2. The number of hydrogen-bond acceptors (Lipinski definition) is 2. The van der Waals surface area contributed by atoms with Crippen LogP contribution in [0.15, 0.2) is 0 Å². The molecule has 0 radical (unpaired) electrons. The lowest BCUT2D eigenvalue weighted by Gasteiger charge is -2.31. The van der Waals surface area contributed by atoms with Gasteiger partial charge in [0.1, 0.15) is 0 Å². The summed E-state index contributed by atoms with van der Waals surface area (Å²) in [5.41, 5.74) is 0.250. The third-order valence-corrected chi connectivity index (χ3v) is 5.41. The average Bonchev–Trinajstić information content (AvgIpc) is 2.24. The molecule has 102 valence electrons. The first-order valence-electron chi connectivity index (χ1n) is 7.29. The maximum absolute atomic E-state index is 3.67. The van der Waals surface area contributed by atoms with Crippen molar-refractivity contribution in [3.8, 4) is 0 Å². The average molecular weight is 257 g/mol. The van der Waals surface area contributed by atoms with Gasteiger partial charge in [0.05, 0.1) is 0 Å². The molecule has 1 aliphatic carbocycles. The summed E-state index contributed by atoms with van der Waals surface area (Å²) in [6.45, 7) is 12.7. The third-order valence-electron chi connectivity index (χ3n) is 3.50. The molecule has 0 aromatic heterocycles. The second-order valence-electron chi connectivity index (χ2n) is 6.81. The van der Waals surface area contributed by atoms with Crippen LogP contribution in [0, 0.1) is 5.92 Å². The zero-order chi connectivity index (χ0) is 12.9. The predicted molar refractivity (Wildman–Crippen MR) is 80.8 cm³/mol. The minimum absolute atomic E-state index is 0.250. The third kappa shape index (κ3) is 6.71. The molecule has 1 unspecified atom stereocenters. The number of hydrogen-bond donors (Lipinski definition) is 1. The van der Waals surface area contributed by atoms with Gasteiger partial charge in [0.2, 0.25) is 0 Å². The van der Waals surface area contributed by atoms with Gasteiger partial charge < -0.3 is 5.32 Å². The first-order valence-corrected chi connectivity index (χ1v) is 8.23. The van der Waals surface area contributed by atoms with Crippen molar-refractivity contribution in [2.75, 3.05) is 6.54 Å². The topological polar surface area (TPSA) is 12.0 Å². The van der Waals surface area contributed by atoms with E-state index in [1.807, 2.05) is 0 Å². The van der Waals surface area contributed by atoms with E-state index < -0.39 is 0 Å². The Bertz CT molecular complexity index is 201. The van der Waals surface area contributed by atoms with Gasteiger partial charge in [-0.05, 0) is 39.5 Å². The summed E-state index contributed by atoms with van der Waals surface area (Å²) >= 11 is 2.25. The molecule has 1 N–H and O–H groups in total. The van der Waals surface area contributed by atoms with E-state index in [4.69, 9.17) is 0 Å². The van der Waals surface area contributed by atoms with Crippen molar-refractivity contribution >= 4 is 11.8 Å². The van der Waals surface area contributed by atoms with Crippen molar-refractivity contribution in [3.63, 3.8) is 0 Å². The Morgan fingerprint density at radius 1 is 1.12 bits per heavy atom. The molecule has 0 saturated heterocycles. The lowest BCUT2D eigenvalue weighted by atomic mass is 10.0. The first-order chi connectivity index (χ1) is 7.88. The normalized spacial score (nSPS) is 20.8. The summed E-state index contributed by atoms with van der Waals surface area (Å²) in [6, 6.07) is 0. The van der Waals surface area contributed by atoms with Crippen molar-refractivity contribution in [3.05, 3.63) is 0 Å². The van der Waals surface area contributed by atoms with Crippen LogP contribution in [-0.4, -0.2) is 22.6 Å². The molecular formula is C15H31NS. The van der Waals surface area contributed by atoms with E-state index in [0.29, 0.717) is 0 Å². The van der Waals surface area contributed by atoms with Crippen LogP contribution in [0.5, 0.6) is 0 Å². The van der Waals surface area contributed by atoms with E-state index in [1.165, 1.54) is 32.1 Å². The summed E-state index contributed by atoms with van der Waals surface area (Å²) in [7, 11) is 0. The summed E-state index contributed by atoms with van der Waals surface area (Å²) in [5.74, 6) is 0.775. The molecule has 17 heavy (non-hydrogen) atoms. The van der Waals surface area contributed by atoms with Crippen molar-refractivity contribution in [1.82, 2.24) is 5.32 Å². The molecule has 2 heteroatoms. The molecule has 1 aliphatic rings. The van der Waals surface area contributed by atoms with E-state index >= 15 is 0 Å². The van der Waals surface area contributed by atoms with Gasteiger partial charge in [-0.2, -0.15) is 11.8 Å². The van der Waals surface area contributed by atoms with Gasteiger partial charge >= 0.3 is 0 Å². The van der Waals surface area contributed by atoms with Gasteiger partial charge in [0.25, 0.3) is 0 Å². The molecule has 0 aromatic carbocycles. The maximum Gasteiger partial charge on any atom is 0.0198 e. The second-order valence-corrected chi connectivity index (χ2v) is 8.35. The Labute approximate surface area is 113 Å². The maximum atomic E-state index is 3.67. The fourth-order valence-electron chi connectivity index (χ4n) is 2.30. The fourth-order valence-corrected chi connectivity index (χ4v) is 3.89. The highest BCUT2D eigenvalue weighted by atomic mass is 32.2. The van der Waals surface area contributed by atoms with Crippen LogP contribution >= 0.6 is 11.8 Å². The van der Waals surface area contributed by atoms with Crippen molar-refractivity contribution in [2.24, 2.45) is 5.92 Å². The SMILES string of the molecule is CC(C)C(CNC(C)(C)C)SC1CCCCC1. The lowest BCUT2D eigenvalue weighted by Crippen LogP contribution is -2.41. The van der Waals surface area contributed by atoms with Gasteiger partial charge in [-0.3, -0.25) is 0 Å². The van der Waals surface area contributed by atoms with Crippen LogP contribution in [0.2, 0.25) is 0 Å². The number of thioether (sulfide) groups is 1. The van der Waals surface area contributed by atoms with Gasteiger partial charge in [-0.1, -0.05) is 33.1 Å². The van der Waals surface area contributed by atoms with Crippen molar-refractivity contribution < 1.29 is 0 Å². The highest BCUT2D eigenvalue weighted by molar-refractivity contribution is 8.00. The highest BCUT2D eigenvalue weighted by Crippen LogP contribution is 2.33. The van der Waals surface area contributed by atoms with E-state index in [1.54, 1.807) is 0 Å². The van der Waals surface area contributed by atoms with E-state index in [0.717, 1.165) is 23.0 Å². The summed E-state index contributed by atoms with van der Waals surface area (Å²) < 4.78 is 0. The molecule has 0 spiro atoms. The quantitative estimate of drug-likeness (QED) is 0.780.